The van der Waals surface area contributed by atoms with E-state index in [1.165, 1.54) is 18.5 Å². The second-order valence-corrected chi connectivity index (χ2v) is 10.5. The van der Waals surface area contributed by atoms with Crippen LogP contribution in [-0.2, 0) is 14.6 Å². The number of aromatic nitrogens is 1. The van der Waals surface area contributed by atoms with Crippen LogP contribution in [0.2, 0.25) is 0 Å². The fourth-order valence-electron chi connectivity index (χ4n) is 3.19. The number of aryl methyl sites for hydroxylation is 1. The lowest BCUT2D eigenvalue weighted by atomic mass is 9.91. The van der Waals surface area contributed by atoms with Crippen molar-refractivity contribution in [3.63, 3.8) is 0 Å². The van der Waals surface area contributed by atoms with E-state index in [0.29, 0.717) is 40.2 Å². The quantitative estimate of drug-likeness (QED) is 0.683. The first-order valence-corrected chi connectivity index (χ1v) is 12.0. The minimum absolute atomic E-state index is 0.0318. The number of nitrogens with zero attached hydrogens (tertiary/aromatic N) is 2. The van der Waals surface area contributed by atoms with Crippen molar-refractivity contribution in [2.24, 2.45) is 0 Å². The number of hydrogen-bond donors (Lipinski definition) is 1. The molecule has 0 fully saturated rings. The highest BCUT2D eigenvalue weighted by Crippen LogP contribution is 2.41. The molecule has 0 aliphatic carbocycles. The van der Waals surface area contributed by atoms with Gasteiger partial charge >= 0.3 is 6.09 Å². The van der Waals surface area contributed by atoms with E-state index in [4.69, 9.17) is 9.47 Å². The van der Waals surface area contributed by atoms with E-state index in [0.717, 1.165) is 6.26 Å². The van der Waals surface area contributed by atoms with Crippen molar-refractivity contribution in [2.75, 3.05) is 12.9 Å². The number of sulfone groups is 1. The standard InChI is InChI=1S/C23H29N3O5S/c1-8-30-21-18(15(3)26-22(27)31-23(4,5)6)9-14(2)19(11-24)20(21)16-10-17(13-25-12-16)32(7,28)29/h9-10,12-13,15H,8H2,1-7H3,(H,26,27). The molecule has 172 valence electrons. The number of nitriles is 1. The van der Waals surface area contributed by atoms with Crippen molar-refractivity contribution in [3.05, 3.63) is 41.2 Å². The first-order chi connectivity index (χ1) is 14.8. The fourth-order valence-corrected chi connectivity index (χ4v) is 3.78. The number of ether oxygens (including phenoxy) is 2. The molecule has 0 bridgehead atoms. The molecular formula is C23H29N3O5S. The molecule has 1 heterocycles. The lowest BCUT2D eigenvalue weighted by Crippen LogP contribution is -2.34. The first kappa shape index (κ1) is 25.1. The summed E-state index contributed by atoms with van der Waals surface area (Å²) in [5, 5.41) is 12.6. The highest BCUT2D eigenvalue weighted by atomic mass is 32.2. The van der Waals surface area contributed by atoms with Crippen LogP contribution >= 0.6 is 0 Å². The smallest absolute Gasteiger partial charge is 0.408 e. The zero-order valence-corrected chi connectivity index (χ0v) is 20.3. The maximum atomic E-state index is 12.3. The van der Waals surface area contributed by atoms with Crippen molar-refractivity contribution in [1.29, 1.82) is 5.26 Å². The summed E-state index contributed by atoms with van der Waals surface area (Å²) in [6.07, 6.45) is 3.26. The molecule has 1 aromatic heterocycles. The average Bonchev–Trinajstić information content (AvgIpc) is 2.66. The van der Waals surface area contributed by atoms with Crippen LogP contribution in [0, 0.1) is 18.3 Å². The van der Waals surface area contributed by atoms with Gasteiger partial charge in [-0.15, -0.1) is 0 Å². The third-order valence-electron chi connectivity index (χ3n) is 4.54. The van der Waals surface area contributed by atoms with Gasteiger partial charge in [0.25, 0.3) is 0 Å². The third kappa shape index (κ3) is 5.98. The van der Waals surface area contributed by atoms with E-state index in [1.807, 2.05) is 0 Å². The summed E-state index contributed by atoms with van der Waals surface area (Å²) in [6, 6.07) is 4.93. The van der Waals surface area contributed by atoms with E-state index in [2.05, 4.69) is 16.4 Å². The van der Waals surface area contributed by atoms with Crippen LogP contribution in [0.5, 0.6) is 5.75 Å². The molecule has 0 radical (unpaired) electrons. The molecule has 1 atom stereocenters. The summed E-state index contributed by atoms with van der Waals surface area (Å²) in [5.41, 5.74) is 1.84. The van der Waals surface area contributed by atoms with Gasteiger partial charge in [0.1, 0.15) is 17.4 Å². The molecule has 9 heteroatoms. The molecule has 0 aliphatic rings. The molecule has 2 aromatic rings. The van der Waals surface area contributed by atoms with Gasteiger partial charge in [0.2, 0.25) is 0 Å². The first-order valence-electron chi connectivity index (χ1n) is 10.1. The van der Waals surface area contributed by atoms with Crippen LogP contribution in [0.1, 0.15) is 57.4 Å². The Morgan fingerprint density at radius 3 is 2.47 bits per heavy atom. The van der Waals surface area contributed by atoms with E-state index in [9.17, 15) is 18.5 Å². The zero-order valence-electron chi connectivity index (χ0n) is 19.4. The van der Waals surface area contributed by atoms with Crippen LogP contribution < -0.4 is 10.1 Å². The number of amides is 1. The van der Waals surface area contributed by atoms with E-state index < -0.39 is 27.6 Å². The van der Waals surface area contributed by atoms with E-state index in [-0.39, 0.29) is 4.90 Å². The Balaban J connectivity index is 2.71. The molecule has 1 aromatic carbocycles. The number of hydrogen-bond acceptors (Lipinski definition) is 7. The maximum Gasteiger partial charge on any atom is 0.408 e. The zero-order chi connectivity index (χ0) is 24.3. The van der Waals surface area contributed by atoms with E-state index in [1.54, 1.807) is 47.6 Å². The van der Waals surface area contributed by atoms with Crippen LogP contribution in [0.15, 0.2) is 29.4 Å². The molecule has 0 spiro atoms. The molecule has 1 N–H and O–H groups in total. The lowest BCUT2D eigenvalue weighted by molar-refractivity contribution is 0.0507. The summed E-state index contributed by atoms with van der Waals surface area (Å²) in [6.45, 7) is 11.0. The highest BCUT2D eigenvalue weighted by molar-refractivity contribution is 7.90. The predicted octanol–water partition coefficient (Wildman–Crippen LogP) is 4.32. The summed E-state index contributed by atoms with van der Waals surface area (Å²) >= 11 is 0. The summed E-state index contributed by atoms with van der Waals surface area (Å²) < 4.78 is 35.4. The summed E-state index contributed by atoms with van der Waals surface area (Å²) in [7, 11) is -3.51. The van der Waals surface area contributed by atoms with Crippen molar-refractivity contribution in [3.8, 4) is 22.9 Å². The number of nitrogens with one attached hydrogen (secondary N) is 1. The molecule has 0 aliphatic heterocycles. The molecule has 1 unspecified atom stereocenters. The van der Waals surface area contributed by atoms with Crippen molar-refractivity contribution < 1.29 is 22.7 Å². The van der Waals surface area contributed by atoms with Gasteiger partial charge in [-0.25, -0.2) is 13.2 Å². The molecular weight excluding hydrogens is 430 g/mol. The van der Waals surface area contributed by atoms with Gasteiger partial charge in [-0.1, -0.05) is 0 Å². The summed E-state index contributed by atoms with van der Waals surface area (Å²) in [5.74, 6) is 0.380. The topological polar surface area (TPSA) is 118 Å². The Morgan fingerprint density at radius 1 is 1.28 bits per heavy atom. The Labute approximate surface area is 189 Å². The number of benzene rings is 1. The normalized spacial score (nSPS) is 12.6. The average molecular weight is 460 g/mol. The van der Waals surface area contributed by atoms with Crippen LogP contribution in [0.4, 0.5) is 4.79 Å². The van der Waals surface area contributed by atoms with Crippen molar-refractivity contribution in [2.45, 2.75) is 58.1 Å². The highest BCUT2D eigenvalue weighted by Gasteiger charge is 2.25. The third-order valence-corrected chi connectivity index (χ3v) is 5.62. The van der Waals surface area contributed by atoms with Gasteiger partial charge in [-0.2, -0.15) is 5.26 Å². The Morgan fingerprint density at radius 2 is 1.94 bits per heavy atom. The van der Waals surface area contributed by atoms with Gasteiger partial charge in [-0.05, 0) is 59.2 Å². The van der Waals surface area contributed by atoms with Crippen molar-refractivity contribution in [1.82, 2.24) is 10.3 Å². The number of rotatable bonds is 6. The molecule has 0 saturated heterocycles. The van der Waals surface area contributed by atoms with E-state index >= 15 is 0 Å². The van der Waals surface area contributed by atoms with Gasteiger partial charge in [0, 0.05) is 35.3 Å². The molecule has 1 amide bonds. The summed E-state index contributed by atoms with van der Waals surface area (Å²) in [4.78, 5) is 16.4. The van der Waals surface area contributed by atoms with Crippen LogP contribution in [0.3, 0.4) is 0 Å². The number of carbonyl (C=O) groups is 1. The minimum atomic E-state index is -3.51. The Kier molecular flexibility index (Phi) is 7.52. The van der Waals surface area contributed by atoms with Gasteiger partial charge < -0.3 is 14.8 Å². The maximum absolute atomic E-state index is 12.3. The van der Waals surface area contributed by atoms with Crippen molar-refractivity contribution >= 4 is 15.9 Å². The second-order valence-electron chi connectivity index (χ2n) is 8.46. The molecule has 8 nitrogen and oxygen atoms in total. The Hall–Kier alpha value is -3.12. The SMILES string of the molecule is CCOc1c(C(C)NC(=O)OC(C)(C)C)cc(C)c(C#N)c1-c1cncc(S(C)(=O)=O)c1. The van der Waals surface area contributed by atoms with Gasteiger partial charge in [-0.3, -0.25) is 4.98 Å². The van der Waals surface area contributed by atoms with Crippen LogP contribution in [-0.4, -0.2) is 38.0 Å². The molecule has 32 heavy (non-hydrogen) atoms. The molecule has 2 rings (SSSR count). The number of carbonyl (C=O) groups excluding carboxylic acids is 1. The Bertz CT molecular complexity index is 1160. The lowest BCUT2D eigenvalue weighted by Gasteiger charge is -2.25. The molecule has 0 saturated carbocycles. The van der Waals surface area contributed by atoms with Gasteiger partial charge in [0.15, 0.2) is 9.84 Å². The number of pyridine rings is 1. The largest absolute Gasteiger partial charge is 0.493 e. The monoisotopic (exact) mass is 459 g/mol. The predicted molar refractivity (Wildman–Crippen MR) is 121 cm³/mol. The fraction of sp³-hybridized carbons (Fsp3) is 0.435. The van der Waals surface area contributed by atoms with Gasteiger partial charge in [0.05, 0.1) is 23.1 Å². The van der Waals surface area contributed by atoms with Crippen LogP contribution in [0.25, 0.3) is 11.1 Å². The number of alkyl carbamates (subject to hydrolysis) is 1. The minimum Gasteiger partial charge on any atom is -0.493 e. The second kappa shape index (κ2) is 9.57.